The average Bonchev–Trinajstić information content (AvgIpc) is 3.31. The highest BCUT2D eigenvalue weighted by Gasteiger charge is 2.24. The van der Waals surface area contributed by atoms with Crippen LogP contribution in [0.15, 0.2) is 52.5 Å². The maximum Gasteiger partial charge on any atom is 0.166 e. The smallest absolute Gasteiger partial charge is 0.166 e. The van der Waals surface area contributed by atoms with Crippen molar-refractivity contribution in [1.82, 2.24) is 14.3 Å². The van der Waals surface area contributed by atoms with Gasteiger partial charge in [-0.15, -0.1) is 0 Å². The third-order valence-corrected chi connectivity index (χ3v) is 6.80. The molecule has 9 heteroatoms. The van der Waals surface area contributed by atoms with Crippen LogP contribution in [0, 0.1) is 11.6 Å². The number of aliphatic hydroxyl groups is 1. The number of nitrogens with zero attached hydrogens (tertiary/aromatic N) is 3. The molecular formula is C22H19Cl2F2N3OS. The van der Waals surface area contributed by atoms with Crippen molar-refractivity contribution < 1.29 is 13.9 Å². The highest BCUT2D eigenvalue weighted by Crippen LogP contribution is 2.45. The molecule has 4 rings (SSSR count). The van der Waals surface area contributed by atoms with E-state index in [9.17, 15) is 9.50 Å². The number of hydrogen-bond acceptors (Lipinski definition) is 3. The molecule has 0 saturated carbocycles. The standard InChI is InChI=1S/C22H19Cl2F2N3OS/c1-2-9-28-12-14(11-27-28)29-20-15(6-7-16(23)19(20)26)21(22(29)24)31-17-5-3-4-13(8-10-30)18(17)25/h3-7,11-12,30H,2,8-10H2,1H3. The van der Waals surface area contributed by atoms with Crippen LogP contribution in [0.25, 0.3) is 16.6 Å². The summed E-state index contributed by atoms with van der Waals surface area (Å²) >= 11 is 13.9. The van der Waals surface area contributed by atoms with Gasteiger partial charge < -0.3 is 5.11 Å². The first-order valence-electron chi connectivity index (χ1n) is 9.73. The van der Waals surface area contributed by atoms with Gasteiger partial charge in [-0.05, 0) is 36.6 Å². The van der Waals surface area contributed by atoms with Crippen molar-refractivity contribution in [1.29, 1.82) is 0 Å². The van der Waals surface area contributed by atoms with Crippen molar-refractivity contribution in [3.05, 3.63) is 70.1 Å². The third kappa shape index (κ3) is 4.07. The molecule has 0 aliphatic heterocycles. The van der Waals surface area contributed by atoms with Crippen LogP contribution in [0.3, 0.4) is 0 Å². The zero-order valence-electron chi connectivity index (χ0n) is 16.6. The van der Waals surface area contributed by atoms with E-state index in [1.54, 1.807) is 45.9 Å². The summed E-state index contributed by atoms with van der Waals surface area (Å²) in [4.78, 5) is 0.847. The number of aryl methyl sites for hydroxylation is 1. The summed E-state index contributed by atoms with van der Waals surface area (Å²) in [6.45, 7) is 2.59. The van der Waals surface area contributed by atoms with Gasteiger partial charge in [-0.1, -0.05) is 54.0 Å². The van der Waals surface area contributed by atoms with Crippen molar-refractivity contribution >= 4 is 45.9 Å². The second-order valence-electron chi connectivity index (χ2n) is 6.98. The van der Waals surface area contributed by atoms with Gasteiger partial charge in [0.15, 0.2) is 5.82 Å². The van der Waals surface area contributed by atoms with E-state index >= 15 is 4.39 Å². The molecule has 0 amide bonds. The molecule has 2 aromatic carbocycles. The Kier molecular flexibility index (Phi) is 6.57. The van der Waals surface area contributed by atoms with Crippen LogP contribution in [0.1, 0.15) is 18.9 Å². The van der Waals surface area contributed by atoms with Gasteiger partial charge >= 0.3 is 0 Å². The average molecular weight is 482 g/mol. The van der Waals surface area contributed by atoms with E-state index in [0.717, 1.165) is 18.2 Å². The molecule has 4 nitrogen and oxygen atoms in total. The predicted octanol–water partition coefficient (Wildman–Crippen LogP) is 6.51. The Balaban J connectivity index is 1.90. The first kappa shape index (κ1) is 22.1. The van der Waals surface area contributed by atoms with E-state index in [2.05, 4.69) is 5.10 Å². The summed E-state index contributed by atoms with van der Waals surface area (Å²) in [5.41, 5.74) is 1.20. The lowest BCUT2D eigenvalue weighted by molar-refractivity contribution is 0.297. The fourth-order valence-electron chi connectivity index (χ4n) is 3.47. The second-order valence-corrected chi connectivity index (χ2v) is 8.80. The Morgan fingerprint density at radius 2 is 1.94 bits per heavy atom. The first-order valence-corrected chi connectivity index (χ1v) is 11.3. The molecule has 0 unspecified atom stereocenters. The van der Waals surface area contributed by atoms with Gasteiger partial charge in [-0.25, -0.2) is 8.78 Å². The number of hydrogen-bond donors (Lipinski definition) is 1. The van der Waals surface area contributed by atoms with Gasteiger partial charge in [0.2, 0.25) is 0 Å². The van der Waals surface area contributed by atoms with E-state index in [1.165, 1.54) is 6.07 Å². The van der Waals surface area contributed by atoms with Crippen LogP contribution in [0.2, 0.25) is 10.2 Å². The number of rotatable bonds is 7. The second kappa shape index (κ2) is 9.20. The maximum absolute atomic E-state index is 15.1. The molecule has 31 heavy (non-hydrogen) atoms. The third-order valence-electron chi connectivity index (χ3n) is 4.89. The topological polar surface area (TPSA) is 43.0 Å². The van der Waals surface area contributed by atoms with E-state index in [-0.39, 0.29) is 28.7 Å². The van der Waals surface area contributed by atoms with Crippen molar-refractivity contribution in [3.8, 4) is 5.69 Å². The predicted molar refractivity (Wildman–Crippen MR) is 121 cm³/mol. The van der Waals surface area contributed by atoms with E-state index in [1.807, 2.05) is 6.92 Å². The highest BCUT2D eigenvalue weighted by molar-refractivity contribution is 7.99. The number of halogens is 4. The zero-order chi connectivity index (χ0) is 22.1. The summed E-state index contributed by atoms with van der Waals surface area (Å²) in [6, 6.07) is 8.12. The Labute approximate surface area is 192 Å². The SMILES string of the molecule is CCCn1cc(-n2c(Cl)c(Sc3cccc(CCO)c3F)c3ccc(Cl)c(F)c32)cn1. The van der Waals surface area contributed by atoms with Crippen molar-refractivity contribution in [2.75, 3.05) is 6.61 Å². The fourth-order valence-corrected chi connectivity index (χ4v) is 5.06. The minimum atomic E-state index is -0.606. The molecule has 4 aromatic rings. The minimum Gasteiger partial charge on any atom is -0.396 e. The number of fused-ring (bicyclic) bond motifs is 1. The summed E-state index contributed by atoms with van der Waals surface area (Å²) < 4.78 is 33.4. The lowest BCUT2D eigenvalue weighted by Gasteiger charge is -2.07. The Morgan fingerprint density at radius 1 is 1.13 bits per heavy atom. The molecule has 2 aromatic heterocycles. The van der Waals surface area contributed by atoms with Crippen molar-refractivity contribution in [2.24, 2.45) is 0 Å². The van der Waals surface area contributed by atoms with Crippen LogP contribution in [-0.4, -0.2) is 26.1 Å². The number of aliphatic hydroxyl groups excluding tert-OH is 1. The quantitative estimate of drug-likeness (QED) is 0.327. The monoisotopic (exact) mass is 481 g/mol. The first-order chi connectivity index (χ1) is 15.0. The lowest BCUT2D eigenvalue weighted by atomic mass is 10.1. The van der Waals surface area contributed by atoms with Crippen molar-refractivity contribution in [3.63, 3.8) is 0 Å². The highest BCUT2D eigenvalue weighted by atomic mass is 35.5. The minimum absolute atomic E-state index is 0.0310. The Morgan fingerprint density at radius 3 is 2.68 bits per heavy atom. The summed E-state index contributed by atoms with van der Waals surface area (Å²) in [5, 5.41) is 14.2. The number of benzene rings is 2. The van der Waals surface area contributed by atoms with Crippen LogP contribution in [0.5, 0.6) is 0 Å². The molecule has 1 N–H and O–H groups in total. The van der Waals surface area contributed by atoms with E-state index < -0.39 is 11.6 Å². The maximum atomic E-state index is 15.1. The zero-order valence-corrected chi connectivity index (χ0v) is 18.9. The molecule has 0 aliphatic carbocycles. The largest absolute Gasteiger partial charge is 0.396 e. The van der Waals surface area contributed by atoms with Gasteiger partial charge in [0, 0.05) is 29.6 Å². The van der Waals surface area contributed by atoms with Gasteiger partial charge in [0.25, 0.3) is 0 Å². The Bertz CT molecular complexity index is 1260. The molecule has 0 radical (unpaired) electrons. The van der Waals surface area contributed by atoms with Gasteiger partial charge in [-0.3, -0.25) is 9.25 Å². The molecule has 0 saturated heterocycles. The van der Waals surface area contributed by atoms with Crippen LogP contribution in [0.4, 0.5) is 8.78 Å². The normalized spacial score (nSPS) is 11.5. The number of aromatic nitrogens is 3. The molecule has 0 fully saturated rings. The molecule has 0 aliphatic rings. The van der Waals surface area contributed by atoms with Crippen LogP contribution >= 0.6 is 35.0 Å². The molecule has 162 valence electrons. The molecule has 2 heterocycles. The van der Waals surface area contributed by atoms with Crippen LogP contribution < -0.4 is 0 Å². The molecule has 0 bridgehead atoms. The molecule has 0 atom stereocenters. The fraction of sp³-hybridized carbons (Fsp3) is 0.227. The Hall–Kier alpha value is -2.06. The summed E-state index contributed by atoms with van der Waals surface area (Å²) in [6.07, 6.45) is 4.49. The molecule has 0 spiro atoms. The lowest BCUT2D eigenvalue weighted by Crippen LogP contribution is -1.97. The van der Waals surface area contributed by atoms with Crippen molar-refractivity contribution in [2.45, 2.75) is 36.1 Å². The summed E-state index contributed by atoms with van der Waals surface area (Å²) in [5.74, 6) is -1.03. The molecular weight excluding hydrogens is 463 g/mol. The van der Waals surface area contributed by atoms with E-state index in [4.69, 9.17) is 23.2 Å². The van der Waals surface area contributed by atoms with Gasteiger partial charge in [0.05, 0.1) is 27.3 Å². The summed E-state index contributed by atoms with van der Waals surface area (Å²) in [7, 11) is 0. The van der Waals surface area contributed by atoms with E-state index in [0.29, 0.717) is 33.0 Å². The van der Waals surface area contributed by atoms with Crippen LogP contribution in [-0.2, 0) is 13.0 Å². The van der Waals surface area contributed by atoms with Gasteiger partial charge in [-0.2, -0.15) is 5.10 Å². The van der Waals surface area contributed by atoms with Gasteiger partial charge in [0.1, 0.15) is 11.0 Å².